The van der Waals surface area contributed by atoms with E-state index in [1.54, 1.807) is 0 Å². The number of hydrogen-bond acceptors (Lipinski definition) is 8. The van der Waals surface area contributed by atoms with Crippen molar-refractivity contribution in [3.05, 3.63) is 33.3 Å². The Bertz CT molecular complexity index is 724. The molecule has 1 amide bonds. The first-order valence-corrected chi connectivity index (χ1v) is 8.61. The second-order valence-electron chi connectivity index (χ2n) is 4.16. The Hall–Kier alpha value is -1.91. The number of aromatic nitrogens is 2. The number of non-ortho nitro benzene ring substituents is 1. The summed E-state index contributed by atoms with van der Waals surface area (Å²) < 4.78 is 0.654. The van der Waals surface area contributed by atoms with Crippen LogP contribution in [-0.2, 0) is 4.79 Å². The van der Waals surface area contributed by atoms with E-state index in [1.807, 2.05) is 6.92 Å². The highest BCUT2D eigenvalue weighted by Crippen LogP contribution is 2.28. The average molecular weight is 374 g/mol. The first kappa shape index (κ1) is 17.4. The minimum Gasteiger partial charge on any atom is -0.360 e. The van der Waals surface area contributed by atoms with Gasteiger partial charge in [-0.05, 0) is 13.0 Å². The number of nitrogens with zero attached hydrogens (tertiary/aromatic N) is 3. The van der Waals surface area contributed by atoms with Gasteiger partial charge in [-0.1, -0.05) is 34.7 Å². The Morgan fingerprint density at radius 3 is 2.96 bits per heavy atom. The maximum atomic E-state index is 11.9. The van der Waals surface area contributed by atoms with Gasteiger partial charge in [0.25, 0.3) is 5.69 Å². The second-order valence-corrected chi connectivity index (χ2v) is 6.77. The van der Waals surface area contributed by atoms with E-state index >= 15 is 0 Å². The summed E-state index contributed by atoms with van der Waals surface area (Å²) in [4.78, 5) is 22.1. The fourth-order valence-corrected chi connectivity index (χ4v) is 3.31. The van der Waals surface area contributed by atoms with Crippen LogP contribution in [0.15, 0.2) is 22.5 Å². The molecule has 11 heteroatoms. The highest BCUT2D eigenvalue weighted by atomic mass is 35.5. The molecule has 0 saturated heterocycles. The molecule has 0 bridgehead atoms. The van der Waals surface area contributed by atoms with Crippen molar-refractivity contribution in [3.63, 3.8) is 0 Å². The molecule has 0 unspecified atom stereocenters. The van der Waals surface area contributed by atoms with Gasteiger partial charge in [-0.2, -0.15) is 0 Å². The smallest absolute Gasteiger partial charge is 0.271 e. The number of carbonyl (C=O) groups is 1. The molecule has 2 rings (SSSR count). The van der Waals surface area contributed by atoms with Gasteiger partial charge in [0.05, 0.1) is 21.4 Å². The van der Waals surface area contributed by atoms with Crippen LogP contribution in [0.5, 0.6) is 0 Å². The summed E-state index contributed by atoms with van der Waals surface area (Å²) in [6.07, 6.45) is 0. The molecule has 2 aromatic rings. The number of nitro benzene ring substituents is 1. The van der Waals surface area contributed by atoms with Crippen LogP contribution in [0.25, 0.3) is 0 Å². The molecule has 0 atom stereocenters. The third-order valence-electron chi connectivity index (χ3n) is 2.50. The predicted octanol–water partition coefficient (Wildman–Crippen LogP) is 3.26. The minimum atomic E-state index is -0.551. The van der Waals surface area contributed by atoms with Crippen LogP contribution in [-0.4, -0.2) is 33.3 Å². The predicted molar refractivity (Wildman–Crippen MR) is 91.5 cm³/mol. The molecule has 0 aliphatic carbocycles. The molecule has 2 N–H and O–H groups in total. The van der Waals surface area contributed by atoms with Crippen molar-refractivity contribution in [3.8, 4) is 0 Å². The maximum Gasteiger partial charge on any atom is 0.271 e. The molecule has 0 radical (unpaired) electrons. The summed E-state index contributed by atoms with van der Waals surface area (Å²) in [6.45, 7) is 2.69. The topological polar surface area (TPSA) is 110 Å². The van der Waals surface area contributed by atoms with E-state index in [0.717, 1.165) is 6.54 Å². The summed E-state index contributed by atoms with van der Waals surface area (Å²) in [5.41, 5.74) is 0.0637. The van der Waals surface area contributed by atoms with Gasteiger partial charge in [-0.15, -0.1) is 10.2 Å². The molecule has 23 heavy (non-hydrogen) atoms. The number of benzene rings is 1. The molecule has 0 saturated carbocycles. The van der Waals surface area contributed by atoms with E-state index in [0.29, 0.717) is 9.47 Å². The molecule has 0 aliphatic rings. The molecule has 1 aromatic carbocycles. The number of hydrogen-bond donors (Lipinski definition) is 2. The summed E-state index contributed by atoms with van der Waals surface area (Å²) in [5, 5.41) is 25.1. The normalized spacial score (nSPS) is 10.3. The Morgan fingerprint density at radius 1 is 1.48 bits per heavy atom. The zero-order valence-electron chi connectivity index (χ0n) is 11.9. The molecule has 1 aromatic heterocycles. The average Bonchev–Trinajstić information content (AvgIpc) is 2.95. The Morgan fingerprint density at radius 2 is 2.26 bits per heavy atom. The van der Waals surface area contributed by atoms with Gasteiger partial charge in [-0.25, -0.2) is 0 Å². The molecule has 1 heterocycles. The van der Waals surface area contributed by atoms with Crippen LogP contribution in [0.4, 0.5) is 16.5 Å². The van der Waals surface area contributed by atoms with Gasteiger partial charge >= 0.3 is 0 Å². The van der Waals surface area contributed by atoms with Gasteiger partial charge in [-0.3, -0.25) is 14.9 Å². The lowest BCUT2D eigenvalue weighted by Gasteiger charge is -2.06. The molecule has 0 aliphatic heterocycles. The van der Waals surface area contributed by atoms with Crippen LogP contribution >= 0.6 is 34.7 Å². The van der Waals surface area contributed by atoms with E-state index in [-0.39, 0.29) is 28.1 Å². The van der Waals surface area contributed by atoms with E-state index in [1.165, 1.54) is 41.3 Å². The minimum absolute atomic E-state index is 0.0970. The summed E-state index contributed by atoms with van der Waals surface area (Å²) in [5.74, 6) is -0.239. The lowest BCUT2D eigenvalue weighted by molar-refractivity contribution is -0.384. The van der Waals surface area contributed by atoms with Crippen molar-refractivity contribution in [2.75, 3.05) is 22.9 Å². The van der Waals surface area contributed by atoms with Crippen molar-refractivity contribution >= 4 is 57.1 Å². The number of rotatable bonds is 7. The molecule has 0 spiro atoms. The van der Waals surface area contributed by atoms with Crippen LogP contribution in [0.1, 0.15) is 6.92 Å². The number of nitro groups is 1. The number of amides is 1. The maximum absolute atomic E-state index is 11.9. The highest BCUT2D eigenvalue weighted by molar-refractivity contribution is 8.01. The van der Waals surface area contributed by atoms with Crippen molar-refractivity contribution < 1.29 is 9.72 Å². The Labute approximate surface area is 144 Å². The van der Waals surface area contributed by atoms with Crippen LogP contribution in [0.3, 0.4) is 0 Å². The number of carbonyl (C=O) groups excluding carboxylic acids is 1. The Balaban J connectivity index is 1.94. The number of thioether (sulfide) groups is 1. The van der Waals surface area contributed by atoms with Crippen molar-refractivity contribution in [1.29, 1.82) is 0 Å². The molecule has 8 nitrogen and oxygen atoms in total. The molecular weight excluding hydrogens is 362 g/mol. The highest BCUT2D eigenvalue weighted by Gasteiger charge is 2.13. The number of anilines is 2. The standard InChI is InChI=1S/C12H12ClN5O3S2/c1-2-14-11-16-17-12(23-11)22-6-10(19)15-9-5-7(18(20)21)3-4-8(9)13/h3-5H,2,6H2,1H3,(H,14,16)(H,15,19). The third kappa shape index (κ3) is 5.05. The Kier molecular flexibility index (Phi) is 6.13. The second kappa shape index (κ2) is 8.09. The fraction of sp³-hybridized carbons (Fsp3) is 0.250. The zero-order chi connectivity index (χ0) is 16.8. The van der Waals surface area contributed by atoms with Gasteiger partial charge in [0.15, 0.2) is 4.34 Å². The van der Waals surface area contributed by atoms with Crippen LogP contribution < -0.4 is 10.6 Å². The molecule has 0 fully saturated rings. The van der Waals surface area contributed by atoms with Gasteiger partial charge in [0, 0.05) is 18.7 Å². The first-order valence-electron chi connectivity index (χ1n) is 6.43. The first-order chi connectivity index (χ1) is 11.0. The van der Waals surface area contributed by atoms with Crippen LogP contribution in [0, 0.1) is 10.1 Å². The van der Waals surface area contributed by atoms with E-state index < -0.39 is 4.92 Å². The lowest BCUT2D eigenvalue weighted by Crippen LogP contribution is -2.14. The van der Waals surface area contributed by atoms with Gasteiger partial charge < -0.3 is 10.6 Å². The summed E-state index contributed by atoms with van der Waals surface area (Å²) >= 11 is 8.50. The lowest BCUT2D eigenvalue weighted by atomic mass is 10.3. The van der Waals surface area contributed by atoms with Gasteiger partial charge in [0.1, 0.15) is 0 Å². The van der Waals surface area contributed by atoms with Crippen molar-refractivity contribution in [2.45, 2.75) is 11.3 Å². The van der Waals surface area contributed by atoms with E-state index in [9.17, 15) is 14.9 Å². The SMILES string of the molecule is CCNc1nnc(SCC(=O)Nc2cc([N+](=O)[O-])ccc2Cl)s1. The molecular formula is C12H12ClN5O3S2. The third-order valence-corrected chi connectivity index (χ3v) is 4.84. The monoisotopic (exact) mass is 373 g/mol. The summed E-state index contributed by atoms with van der Waals surface area (Å²) in [6, 6.07) is 3.87. The zero-order valence-corrected chi connectivity index (χ0v) is 14.3. The number of halogens is 1. The van der Waals surface area contributed by atoms with Crippen molar-refractivity contribution in [2.24, 2.45) is 0 Å². The number of nitrogens with one attached hydrogen (secondary N) is 2. The van der Waals surface area contributed by atoms with Gasteiger partial charge in [0.2, 0.25) is 11.0 Å². The van der Waals surface area contributed by atoms with E-state index in [4.69, 9.17) is 11.6 Å². The summed E-state index contributed by atoms with van der Waals surface area (Å²) in [7, 11) is 0. The molecule has 122 valence electrons. The van der Waals surface area contributed by atoms with E-state index in [2.05, 4.69) is 20.8 Å². The quantitative estimate of drug-likeness (QED) is 0.435. The largest absolute Gasteiger partial charge is 0.360 e. The fourth-order valence-electron chi connectivity index (χ4n) is 1.53. The van der Waals surface area contributed by atoms with Crippen molar-refractivity contribution in [1.82, 2.24) is 10.2 Å². The van der Waals surface area contributed by atoms with Crippen LogP contribution in [0.2, 0.25) is 5.02 Å².